The number of methoxy groups -OCH3 is 3. The van der Waals surface area contributed by atoms with E-state index in [1.165, 1.54) is 6.08 Å². The van der Waals surface area contributed by atoms with Crippen LogP contribution in [0, 0.1) is 6.92 Å². The summed E-state index contributed by atoms with van der Waals surface area (Å²) in [7, 11) is 4.66. The van der Waals surface area contributed by atoms with E-state index in [-0.39, 0.29) is 5.78 Å². The zero-order chi connectivity index (χ0) is 16.8. The predicted octanol–water partition coefficient (Wildman–Crippen LogP) is 3.92. The first kappa shape index (κ1) is 16.6. The molecular formula is C19H20O4. The van der Waals surface area contributed by atoms with E-state index in [0.717, 1.165) is 11.1 Å². The molecule has 0 radical (unpaired) electrons. The molecule has 4 nitrogen and oxygen atoms in total. The van der Waals surface area contributed by atoms with Crippen LogP contribution in [0.4, 0.5) is 0 Å². The van der Waals surface area contributed by atoms with Crippen LogP contribution >= 0.6 is 0 Å². The van der Waals surface area contributed by atoms with E-state index in [0.29, 0.717) is 22.8 Å². The van der Waals surface area contributed by atoms with Crippen LogP contribution in [0.1, 0.15) is 21.5 Å². The number of carbonyl (C=O) groups is 1. The number of carbonyl (C=O) groups excluding carboxylic acids is 1. The monoisotopic (exact) mass is 312 g/mol. The molecule has 0 saturated carbocycles. The maximum Gasteiger partial charge on any atom is 0.203 e. The molecule has 0 saturated heterocycles. The Morgan fingerprint density at radius 1 is 0.870 bits per heavy atom. The predicted molar refractivity (Wildman–Crippen MR) is 90.6 cm³/mol. The molecule has 120 valence electrons. The van der Waals surface area contributed by atoms with Crippen molar-refractivity contribution < 1.29 is 19.0 Å². The Balaban J connectivity index is 2.32. The standard InChI is InChI=1S/C19H20O4/c1-13-5-7-14(8-6-13)16(20)11-9-15-10-12-17(21-2)19(23-4)18(15)22-3/h5-12H,1-4H3. The SMILES string of the molecule is COc1ccc(C=CC(=O)c2ccc(C)cc2)c(OC)c1OC. The van der Waals surface area contributed by atoms with Crippen molar-refractivity contribution >= 4 is 11.9 Å². The summed E-state index contributed by atoms with van der Waals surface area (Å²) < 4.78 is 16.0. The van der Waals surface area contributed by atoms with Crippen LogP contribution in [0.5, 0.6) is 17.2 Å². The summed E-state index contributed by atoms with van der Waals surface area (Å²) in [6.45, 7) is 1.98. The molecule has 0 aromatic heterocycles. The minimum atomic E-state index is -0.0677. The number of rotatable bonds is 6. The number of ketones is 1. The van der Waals surface area contributed by atoms with E-state index >= 15 is 0 Å². The third-order valence-corrected chi connectivity index (χ3v) is 3.48. The lowest BCUT2D eigenvalue weighted by atomic mass is 10.1. The van der Waals surface area contributed by atoms with Gasteiger partial charge in [0.2, 0.25) is 5.75 Å². The van der Waals surface area contributed by atoms with E-state index in [9.17, 15) is 4.79 Å². The van der Waals surface area contributed by atoms with Crippen molar-refractivity contribution in [3.63, 3.8) is 0 Å². The van der Waals surface area contributed by atoms with Crippen LogP contribution < -0.4 is 14.2 Å². The van der Waals surface area contributed by atoms with Crippen LogP contribution in [-0.2, 0) is 0 Å². The summed E-state index contributed by atoms with van der Waals surface area (Å²) in [4.78, 5) is 12.2. The Morgan fingerprint density at radius 3 is 2.09 bits per heavy atom. The first-order chi connectivity index (χ1) is 11.1. The van der Waals surface area contributed by atoms with Crippen LogP contribution in [-0.4, -0.2) is 27.1 Å². The fraction of sp³-hybridized carbons (Fsp3) is 0.211. The summed E-state index contributed by atoms with van der Waals surface area (Å²) >= 11 is 0. The topological polar surface area (TPSA) is 44.8 Å². The Hall–Kier alpha value is -2.75. The summed E-state index contributed by atoms with van der Waals surface area (Å²) in [5.74, 6) is 1.54. The number of ether oxygens (including phenoxy) is 3. The van der Waals surface area contributed by atoms with E-state index in [2.05, 4.69) is 0 Å². The molecule has 0 N–H and O–H groups in total. The van der Waals surface area contributed by atoms with E-state index in [1.54, 1.807) is 33.5 Å². The van der Waals surface area contributed by atoms with Crippen molar-refractivity contribution in [3.8, 4) is 17.2 Å². The molecule has 0 fully saturated rings. The highest BCUT2D eigenvalue weighted by Crippen LogP contribution is 2.40. The normalized spacial score (nSPS) is 10.6. The Labute approximate surface area is 136 Å². The zero-order valence-electron chi connectivity index (χ0n) is 13.8. The zero-order valence-corrected chi connectivity index (χ0v) is 13.8. The first-order valence-electron chi connectivity index (χ1n) is 7.18. The quantitative estimate of drug-likeness (QED) is 0.599. The molecule has 2 rings (SSSR count). The fourth-order valence-corrected chi connectivity index (χ4v) is 2.24. The lowest BCUT2D eigenvalue weighted by Crippen LogP contribution is -1.97. The molecule has 0 aliphatic carbocycles. The first-order valence-corrected chi connectivity index (χ1v) is 7.18. The van der Waals surface area contributed by atoms with Gasteiger partial charge in [0.05, 0.1) is 21.3 Å². The number of benzene rings is 2. The van der Waals surface area contributed by atoms with E-state index in [4.69, 9.17) is 14.2 Å². The average Bonchev–Trinajstić information content (AvgIpc) is 2.59. The summed E-state index contributed by atoms with van der Waals surface area (Å²) in [6, 6.07) is 11.0. The molecule has 0 aliphatic rings. The molecule has 0 atom stereocenters. The van der Waals surface area contributed by atoms with Gasteiger partial charge in [-0.05, 0) is 31.2 Å². The minimum Gasteiger partial charge on any atom is -0.493 e. The maximum absolute atomic E-state index is 12.2. The van der Waals surface area contributed by atoms with Crippen LogP contribution in [0.15, 0.2) is 42.5 Å². The van der Waals surface area contributed by atoms with Gasteiger partial charge in [-0.25, -0.2) is 0 Å². The number of aryl methyl sites for hydroxylation is 1. The van der Waals surface area contributed by atoms with Gasteiger partial charge in [0.25, 0.3) is 0 Å². The van der Waals surface area contributed by atoms with Gasteiger partial charge in [-0.1, -0.05) is 29.8 Å². The van der Waals surface area contributed by atoms with Crippen molar-refractivity contribution in [1.29, 1.82) is 0 Å². The summed E-state index contributed by atoms with van der Waals surface area (Å²) in [6.07, 6.45) is 3.23. The molecule has 23 heavy (non-hydrogen) atoms. The highest BCUT2D eigenvalue weighted by atomic mass is 16.5. The second-order valence-electron chi connectivity index (χ2n) is 4.99. The van der Waals surface area contributed by atoms with Crippen molar-refractivity contribution in [1.82, 2.24) is 0 Å². The molecule has 0 bridgehead atoms. The van der Waals surface area contributed by atoms with Crippen molar-refractivity contribution in [2.24, 2.45) is 0 Å². The van der Waals surface area contributed by atoms with Gasteiger partial charge in [0, 0.05) is 11.1 Å². The highest BCUT2D eigenvalue weighted by Gasteiger charge is 2.14. The van der Waals surface area contributed by atoms with Gasteiger partial charge in [-0.2, -0.15) is 0 Å². The summed E-state index contributed by atoms with van der Waals surface area (Å²) in [5, 5.41) is 0. The lowest BCUT2D eigenvalue weighted by Gasteiger charge is -2.13. The van der Waals surface area contributed by atoms with Crippen LogP contribution in [0.3, 0.4) is 0 Å². The second kappa shape index (κ2) is 7.49. The maximum atomic E-state index is 12.2. The molecule has 0 spiro atoms. The van der Waals surface area contributed by atoms with Crippen molar-refractivity contribution in [2.75, 3.05) is 21.3 Å². The molecule has 0 heterocycles. The van der Waals surface area contributed by atoms with Crippen molar-refractivity contribution in [3.05, 3.63) is 59.2 Å². The fourth-order valence-electron chi connectivity index (χ4n) is 2.24. The molecule has 0 unspecified atom stereocenters. The van der Waals surface area contributed by atoms with E-state index in [1.807, 2.05) is 37.3 Å². The van der Waals surface area contributed by atoms with Gasteiger partial charge in [-0.3, -0.25) is 4.79 Å². The molecule has 4 heteroatoms. The van der Waals surface area contributed by atoms with Gasteiger partial charge in [-0.15, -0.1) is 0 Å². The van der Waals surface area contributed by atoms with Crippen LogP contribution in [0.25, 0.3) is 6.08 Å². The smallest absolute Gasteiger partial charge is 0.203 e. The molecule has 2 aromatic carbocycles. The van der Waals surface area contributed by atoms with E-state index < -0.39 is 0 Å². The molecule has 0 aliphatic heterocycles. The Bertz CT molecular complexity index is 715. The average molecular weight is 312 g/mol. The number of allylic oxidation sites excluding steroid dienone is 1. The van der Waals surface area contributed by atoms with Gasteiger partial charge in [0.15, 0.2) is 17.3 Å². The lowest BCUT2D eigenvalue weighted by molar-refractivity contribution is 0.104. The molecule has 2 aromatic rings. The van der Waals surface area contributed by atoms with Crippen molar-refractivity contribution in [2.45, 2.75) is 6.92 Å². The van der Waals surface area contributed by atoms with Crippen LogP contribution in [0.2, 0.25) is 0 Å². The minimum absolute atomic E-state index is 0.0677. The molecular weight excluding hydrogens is 292 g/mol. The highest BCUT2D eigenvalue weighted by molar-refractivity contribution is 6.07. The van der Waals surface area contributed by atoms with Gasteiger partial charge in [0.1, 0.15) is 0 Å². The largest absolute Gasteiger partial charge is 0.493 e. The van der Waals surface area contributed by atoms with Gasteiger partial charge >= 0.3 is 0 Å². The Morgan fingerprint density at radius 2 is 1.52 bits per heavy atom. The van der Waals surface area contributed by atoms with Gasteiger partial charge < -0.3 is 14.2 Å². The third kappa shape index (κ3) is 3.72. The number of hydrogen-bond acceptors (Lipinski definition) is 4. The molecule has 0 amide bonds. The third-order valence-electron chi connectivity index (χ3n) is 3.48. The second-order valence-corrected chi connectivity index (χ2v) is 4.99. The number of hydrogen-bond donors (Lipinski definition) is 0. The Kier molecular flexibility index (Phi) is 5.41. The summed E-state index contributed by atoms with van der Waals surface area (Å²) in [5.41, 5.74) is 2.50.